The normalized spacial score (nSPS) is 28.6. The summed E-state index contributed by atoms with van der Waals surface area (Å²) in [5, 5.41) is 60.6. The second-order valence-electron chi connectivity index (χ2n) is 7.47. The fourth-order valence-electron chi connectivity index (χ4n) is 2.91. The molecule has 15 heteroatoms. The van der Waals surface area contributed by atoms with E-state index in [-0.39, 0.29) is 25.8 Å². The van der Waals surface area contributed by atoms with Crippen LogP contribution in [0.1, 0.15) is 26.2 Å². The molecule has 1 fully saturated rings. The average Bonchev–Trinajstić information content (AvgIpc) is 2.97. The van der Waals surface area contributed by atoms with Crippen molar-refractivity contribution in [3.63, 3.8) is 0 Å². The number of halogens is 2. The highest BCUT2D eigenvalue weighted by Crippen LogP contribution is 2.42. The Bertz CT molecular complexity index is 685. The second kappa shape index (κ2) is 11.2. The van der Waals surface area contributed by atoms with E-state index in [1.54, 1.807) is 0 Å². The molecule has 1 unspecified atom stereocenters. The Morgan fingerprint density at radius 3 is 2.38 bits per heavy atom. The highest BCUT2D eigenvalue weighted by Gasteiger charge is 2.71. The molecule has 0 saturated carbocycles. The Morgan fingerprint density at radius 1 is 1.25 bits per heavy atom. The summed E-state index contributed by atoms with van der Waals surface area (Å²) < 4.78 is 33.4. The molecule has 0 bridgehead atoms. The van der Waals surface area contributed by atoms with E-state index < -0.39 is 72.6 Å². The van der Waals surface area contributed by atoms with Crippen LogP contribution in [-0.2, 0) is 19.1 Å². The summed E-state index contributed by atoms with van der Waals surface area (Å²) in [5.74, 6) is -12.6. The van der Waals surface area contributed by atoms with E-state index in [2.05, 4.69) is 10.1 Å². The van der Waals surface area contributed by atoms with Crippen LogP contribution in [0.3, 0.4) is 0 Å². The minimum atomic E-state index is -4.75. The molecule has 0 aliphatic carbocycles. The molecule has 186 valence electrons. The zero-order chi connectivity index (χ0) is 24.9. The van der Waals surface area contributed by atoms with E-state index in [9.17, 15) is 43.6 Å². The highest BCUT2D eigenvalue weighted by molar-refractivity contribution is 5.86. The summed E-state index contributed by atoms with van der Waals surface area (Å²) in [6.07, 6.45) is -8.44. The van der Waals surface area contributed by atoms with Gasteiger partial charge >= 0.3 is 11.9 Å². The molecule has 0 aromatic rings. The summed E-state index contributed by atoms with van der Waals surface area (Å²) in [5.41, 5.74) is 5.60. The van der Waals surface area contributed by atoms with Gasteiger partial charge in [0.2, 0.25) is 5.91 Å². The van der Waals surface area contributed by atoms with Crippen LogP contribution >= 0.6 is 0 Å². The van der Waals surface area contributed by atoms with Gasteiger partial charge in [-0.25, -0.2) is 0 Å². The number of carboxylic acid groups (broad SMARTS) is 1. The zero-order valence-corrected chi connectivity index (χ0v) is 17.1. The van der Waals surface area contributed by atoms with E-state index in [4.69, 9.17) is 15.9 Å². The topological polar surface area (TPSA) is 232 Å². The molecule has 32 heavy (non-hydrogen) atoms. The van der Waals surface area contributed by atoms with Gasteiger partial charge < -0.3 is 51.7 Å². The number of nitrogens with two attached hydrogens (primary N) is 1. The molecule has 1 aliphatic rings. The van der Waals surface area contributed by atoms with E-state index in [1.165, 1.54) is 6.92 Å². The SMILES string of the molecule is C[C@H](NC(=O)[C@@H](N)CCCCNC(=O)C(F)(F)[C@]1(O)O[C@H](C(O)CO)[C@H](O)[C@H]1O)C(=O)O. The first-order valence-electron chi connectivity index (χ1n) is 9.70. The Morgan fingerprint density at radius 2 is 1.84 bits per heavy atom. The molecule has 1 saturated heterocycles. The van der Waals surface area contributed by atoms with Crippen LogP contribution in [0.5, 0.6) is 0 Å². The van der Waals surface area contributed by atoms with Gasteiger partial charge in [-0.1, -0.05) is 0 Å². The lowest BCUT2D eigenvalue weighted by Gasteiger charge is -2.33. The number of aliphatic carboxylic acids is 1. The molecular formula is C17H29F2N3O10. The van der Waals surface area contributed by atoms with Crippen molar-refractivity contribution in [2.75, 3.05) is 13.2 Å². The largest absolute Gasteiger partial charge is 0.480 e. The lowest BCUT2D eigenvalue weighted by Crippen LogP contribution is -2.63. The van der Waals surface area contributed by atoms with Crippen molar-refractivity contribution in [1.29, 1.82) is 0 Å². The maximum atomic E-state index is 14.5. The molecule has 1 heterocycles. The quantitative estimate of drug-likeness (QED) is 0.124. The lowest BCUT2D eigenvalue weighted by atomic mass is 9.97. The predicted molar refractivity (Wildman–Crippen MR) is 100.0 cm³/mol. The number of carbonyl (C=O) groups excluding carboxylic acids is 2. The molecule has 1 aliphatic heterocycles. The van der Waals surface area contributed by atoms with E-state index in [0.29, 0.717) is 0 Å². The molecule has 0 aromatic carbocycles. The maximum Gasteiger partial charge on any atom is 0.379 e. The summed E-state index contributed by atoms with van der Waals surface area (Å²) >= 11 is 0. The molecule has 10 N–H and O–H groups in total. The van der Waals surface area contributed by atoms with Crippen molar-refractivity contribution in [2.24, 2.45) is 5.73 Å². The molecule has 13 nitrogen and oxygen atoms in total. The predicted octanol–water partition coefficient (Wildman–Crippen LogP) is -4.01. The number of ether oxygens (including phenoxy) is 1. The minimum absolute atomic E-state index is 0.0586. The van der Waals surface area contributed by atoms with E-state index in [0.717, 1.165) is 0 Å². The number of hydrogen-bond donors (Lipinski definition) is 9. The number of aliphatic hydroxyl groups excluding tert-OH is 4. The van der Waals surface area contributed by atoms with Gasteiger partial charge in [0, 0.05) is 6.54 Å². The monoisotopic (exact) mass is 473 g/mol. The fraction of sp³-hybridized carbons (Fsp3) is 0.824. The number of unbranched alkanes of at least 4 members (excludes halogenated alkanes) is 1. The van der Waals surface area contributed by atoms with Crippen LogP contribution in [-0.4, -0.2) is 110 Å². The minimum Gasteiger partial charge on any atom is -0.480 e. The van der Waals surface area contributed by atoms with Crippen LogP contribution in [0.25, 0.3) is 0 Å². The number of alkyl halides is 2. The number of carbonyl (C=O) groups is 3. The van der Waals surface area contributed by atoms with Crippen molar-refractivity contribution in [3.8, 4) is 0 Å². The van der Waals surface area contributed by atoms with Crippen LogP contribution in [0.2, 0.25) is 0 Å². The van der Waals surface area contributed by atoms with E-state index in [1.807, 2.05) is 5.32 Å². The highest BCUT2D eigenvalue weighted by atomic mass is 19.3. The van der Waals surface area contributed by atoms with Gasteiger partial charge in [0.05, 0.1) is 12.6 Å². The van der Waals surface area contributed by atoms with Crippen LogP contribution in [0, 0.1) is 0 Å². The molecule has 1 rings (SSSR count). The van der Waals surface area contributed by atoms with Crippen LogP contribution < -0.4 is 16.4 Å². The van der Waals surface area contributed by atoms with Crippen molar-refractivity contribution in [1.82, 2.24) is 10.6 Å². The van der Waals surface area contributed by atoms with Crippen molar-refractivity contribution >= 4 is 17.8 Å². The Labute approximate surface area is 181 Å². The van der Waals surface area contributed by atoms with Crippen molar-refractivity contribution in [3.05, 3.63) is 0 Å². The van der Waals surface area contributed by atoms with Crippen molar-refractivity contribution in [2.45, 2.75) is 74.4 Å². The van der Waals surface area contributed by atoms with Crippen LogP contribution in [0.4, 0.5) is 8.78 Å². The first-order chi connectivity index (χ1) is 14.7. The Balaban J connectivity index is 2.55. The Kier molecular flexibility index (Phi) is 9.83. The summed E-state index contributed by atoms with van der Waals surface area (Å²) in [6, 6.07) is -2.21. The van der Waals surface area contributed by atoms with Crippen LogP contribution in [0.15, 0.2) is 0 Å². The van der Waals surface area contributed by atoms with Gasteiger partial charge in [-0.3, -0.25) is 14.4 Å². The molecule has 0 radical (unpaired) electrons. The summed E-state index contributed by atoms with van der Waals surface area (Å²) in [4.78, 5) is 34.3. The molecule has 7 atom stereocenters. The Hall–Kier alpha value is -2.01. The number of aliphatic hydroxyl groups is 5. The third kappa shape index (κ3) is 6.06. The average molecular weight is 473 g/mol. The van der Waals surface area contributed by atoms with Crippen molar-refractivity contribution < 1.29 is 58.5 Å². The van der Waals surface area contributed by atoms with Gasteiger partial charge in [-0.05, 0) is 26.2 Å². The molecule has 0 aromatic heterocycles. The molecular weight excluding hydrogens is 444 g/mol. The van der Waals surface area contributed by atoms with E-state index >= 15 is 0 Å². The second-order valence-corrected chi connectivity index (χ2v) is 7.47. The molecule has 2 amide bonds. The summed E-state index contributed by atoms with van der Waals surface area (Å²) in [6.45, 7) is -0.128. The lowest BCUT2D eigenvalue weighted by molar-refractivity contribution is -0.325. The van der Waals surface area contributed by atoms with Gasteiger partial charge in [-0.15, -0.1) is 0 Å². The van der Waals surface area contributed by atoms with Gasteiger partial charge in [0.25, 0.3) is 11.7 Å². The van der Waals surface area contributed by atoms with Gasteiger partial charge in [-0.2, -0.15) is 8.78 Å². The number of rotatable bonds is 12. The third-order valence-electron chi connectivity index (χ3n) is 4.97. The number of carboxylic acids is 1. The standard InChI is InChI=1S/C17H29F2N3O10/c1-7(14(28)29)22-13(27)8(20)4-2-3-5-21-15(30)16(18,19)17(31)12(26)10(25)11(32-17)9(24)6-23/h7-12,23-26,31H,2-6,20H2,1H3,(H,21,30)(H,22,27)(H,28,29)/t7-,8-,9?,10-,11+,12+,17+/m0/s1. The fourth-order valence-corrected chi connectivity index (χ4v) is 2.91. The first kappa shape index (κ1) is 28.0. The molecule has 0 spiro atoms. The maximum absolute atomic E-state index is 14.5. The number of amides is 2. The van der Waals surface area contributed by atoms with Gasteiger partial charge in [0.15, 0.2) is 0 Å². The van der Waals surface area contributed by atoms with Gasteiger partial charge in [0.1, 0.15) is 30.5 Å². The third-order valence-corrected chi connectivity index (χ3v) is 4.97. The number of nitrogens with one attached hydrogen (secondary N) is 2. The number of hydrogen-bond acceptors (Lipinski definition) is 10. The smallest absolute Gasteiger partial charge is 0.379 e. The summed E-state index contributed by atoms with van der Waals surface area (Å²) in [7, 11) is 0. The first-order valence-corrected chi connectivity index (χ1v) is 9.70. The zero-order valence-electron chi connectivity index (χ0n) is 17.1.